The zero-order valence-electron chi connectivity index (χ0n) is 14.1. The summed E-state index contributed by atoms with van der Waals surface area (Å²) in [7, 11) is 0. The van der Waals surface area contributed by atoms with E-state index in [1.54, 1.807) is 12.1 Å². The molecule has 0 spiro atoms. The predicted octanol–water partition coefficient (Wildman–Crippen LogP) is 6.99. The van der Waals surface area contributed by atoms with Gasteiger partial charge in [0, 0.05) is 0 Å². The second-order valence-electron chi connectivity index (χ2n) is 6.72. The van der Waals surface area contributed by atoms with Crippen LogP contribution in [0.25, 0.3) is 17.2 Å². The number of benzene rings is 2. The highest BCUT2D eigenvalue weighted by molar-refractivity contribution is 5.81. The summed E-state index contributed by atoms with van der Waals surface area (Å²) in [6, 6.07) is 6.80. The second-order valence-corrected chi connectivity index (χ2v) is 6.72. The van der Waals surface area contributed by atoms with Gasteiger partial charge in [0.2, 0.25) is 0 Å². The van der Waals surface area contributed by atoms with E-state index in [4.69, 9.17) is 0 Å². The van der Waals surface area contributed by atoms with E-state index in [0.717, 1.165) is 23.3 Å². The van der Waals surface area contributed by atoms with Gasteiger partial charge in [-0.15, -0.1) is 0 Å². The molecule has 26 heavy (non-hydrogen) atoms. The highest BCUT2D eigenvalue weighted by Gasteiger charge is 2.37. The number of hydrogen-bond acceptors (Lipinski definition) is 0. The smallest absolute Gasteiger partial charge is 0.166 e. The second kappa shape index (κ2) is 6.18. The van der Waals surface area contributed by atoms with Crippen LogP contribution >= 0.6 is 0 Å². The van der Waals surface area contributed by atoms with Crippen LogP contribution in [0.5, 0.6) is 0 Å². The first kappa shape index (κ1) is 18.5. The fourth-order valence-corrected chi connectivity index (χ4v) is 3.13. The lowest BCUT2D eigenvalue weighted by Gasteiger charge is -2.15. The number of allylic oxidation sites excluding steroid dienone is 1. The summed E-state index contributed by atoms with van der Waals surface area (Å²) in [6.07, 6.45) is -7.17. The highest BCUT2D eigenvalue weighted by atomic mass is 19.4. The van der Waals surface area contributed by atoms with Gasteiger partial charge in [0.1, 0.15) is 0 Å². The number of rotatable bonds is 2. The Morgan fingerprint density at radius 1 is 0.846 bits per heavy atom. The fraction of sp³-hybridized carbons (Fsp3) is 0.300. The van der Waals surface area contributed by atoms with Crippen molar-refractivity contribution in [3.63, 3.8) is 0 Å². The van der Waals surface area contributed by atoms with Gasteiger partial charge in [0.25, 0.3) is 0 Å². The molecule has 0 fully saturated rings. The van der Waals surface area contributed by atoms with Gasteiger partial charge in [-0.1, -0.05) is 43.7 Å². The molecule has 0 radical (unpaired) electrons. The van der Waals surface area contributed by atoms with Crippen LogP contribution in [0.4, 0.5) is 26.3 Å². The SMILES string of the molecule is CC(C)C1=Cc2c(cccc2-c2cc(C(F)(F)F)cc(C(F)(F)F)c2)C1. The molecule has 2 aromatic carbocycles. The zero-order chi connectivity index (χ0) is 19.3. The molecule has 0 aromatic heterocycles. The number of hydrogen-bond donors (Lipinski definition) is 0. The van der Waals surface area contributed by atoms with E-state index in [1.165, 1.54) is 0 Å². The van der Waals surface area contributed by atoms with E-state index in [0.29, 0.717) is 17.5 Å². The Labute approximate surface area is 147 Å². The number of alkyl halides is 6. The molecular weight excluding hydrogens is 354 g/mol. The number of fused-ring (bicyclic) bond motifs is 1. The Balaban J connectivity index is 2.22. The first-order valence-electron chi connectivity index (χ1n) is 8.09. The molecule has 0 saturated carbocycles. The van der Waals surface area contributed by atoms with Gasteiger partial charge in [-0.25, -0.2) is 0 Å². The third-order valence-electron chi connectivity index (χ3n) is 4.56. The van der Waals surface area contributed by atoms with Gasteiger partial charge >= 0.3 is 12.4 Å². The summed E-state index contributed by atoms with van der Waals surface area (Å²) in [5.74, 6) is 0.252. The summed E-state index contributed by atoms with van der Waals surface area (Å²) in [5, 5.41) is 0. The van der Waals surface area contributed by atoms with Gasteiger partial charge in [-0.3, -0.25) is 0 Å². The first-order chi connectivity index (χ1) is 12.0. The summed E-state index contributed by atoms with van der Waals surface area (Å²) >= 11 is 0. The van der Waals surface area contributed by atoms with Gasteiger partial charge in [-0.05, 0) is 52.8 Å². The Morgan fingerprint density at radius 3 is 1.92 bits per heavy atom. The van der Waals surface area contributed by atoms with Crippen molar-refractivity contribution in [2.24, 2.45) is 5.92 Å². The Morgan fingerprint density at radius 2 is 1.42 bits per heavy atom. The third kappa shape index (κ3) is 3.50. The molecule has 0 amide bonds. The topological polar surface area (TPSA) is 0 Å². The van der Waals surface area contributed by atoms with Crippen molar-refractivity contribution in [2.75, 3.05) is 0 Å². The average Bonchev–Trinajstić information content (AvgIpc) is 2.97. The van der Waals surface area contributed by atoms with Gasteiger partial charge in [0.05, 0.1) is 11.1 Å². The van der Waals surface area contributed by atoms with Crippen LogP contribution in [-0.4, -0.2) is 0 Å². The van der Waals surface area contributed by atoms with E-state index in [-0.39, 0.29) is 17.5 Å². The Bertz CT molecular complexity index is 837. The van der Waals surface area contributed by atoms with Gasteiger partial charge < -0.3 is 0 Å². The van der Waals surface area contributed by atoms with Crippen LogP contribution < -0.4 is 0 Å². The molecule has 0 bridgehead atoms. The molecule has 0 N–H and O–H groups in total. The summed E-state index contributed by atoms with van der Waals surface area (Å²) in [6.45, 7) is 4.01. The molecule has 0 nitrogen and oxygen atoms in total. The summed E-state index contributed by atoms with van der Waals surface area (Å²) in [5.41, 5.74) is 0.424. The fourth-order valence-electron chi connectivity index (χ4n) is 3.13. The minimum atomic E-state index is -4.85. The van der Waals surface area contributed by atoms with Crippen LogP contribution in [0.3, 0.4) is 0 Å². The van der Waals surface area contributed by atoms with Gasteiger partial charge in [0.15, 0.2) is 0 Å². The predicted molar refractivity (Wildman–Crippen MR) is 88.4 cm³/mol. The van der Waals surface area contributed by atoms with Crippen molar-refractivity contribution in [3.05, 3.63) is 64.2 Å². The van der Waals surface area contributed by atoms with Crippen molar-refractivity contribution < 1.29 is 26.3 Å². The maximum Gasteiger partial charge on any atom is 0.416 e. The van der Waals surface area contributed by atoms with Crippen molar-refractivity contribution in [1.29, 1.82) is 0 Å². The zero-order valence-corrected chi connectivity index (χ0v) is 14.1. The maximum atomic E-state index is 13.1. The molecular formula is C20H16F6. The number of halogens is 6. The van der Waals surface area contributed by atoms with E-state index >= 15 is 0 Å². The molecule has 6 heteroatoms. The normalized spacial score (nSPS) is 14.6. The molecule has 1 aliphatic rings. The third-order valence-corrected chi connectivity index (χ3v) is 4.56. The lowest BCUT2D eigenvalue weighted by atomic mass is 9.94. The van der Waals surface area contributed by atoms with Crippen molar-refractivity contribution in [1.82, 2.24) is 0 Å². The molecule has 1 aliphatic carbocycles. The average molecular weight is 370 g/mol. The summed E-state index contributed by atoms with van der Waals surface area (Å²) < 4.78 is 78.7. The maximum absolute atomic E-state index is 13.1. The molecule has 0 aliphatic heterocycles. The molecule has 138 valence electrons. The Hall–Kier alpha value is -2.24. The minimum absolute atomic E-state index is 0.0785. The summed E-state index contributed by atoms with van der Waals surface area (Å²) in [4.78, 5) is 0. The molecule has 0 atom stereocenters. The van der Waals surface area contributed by atoms with Crippen molar-refractivity contribution in [3.8, 4) is 11.1 Å². The van der Waals surface area contributed by atoms with Crippen LogP contribution in [0, 0.1) is 5.92 Å². The van der Waals surface area contributed by atoms with Crippen molar-refractivity contribution >= 4 is 6.08 Å². The first-order valence-corrected chi connectivity index (χ1v) is 8.09. The standard InChI is InChI=1S/C20H16F6/c1-11(2)13-6-12-4-3-5-17(18(12)9-13)14-7-15(19(21,22)23)10-16(8-14)20(24,25)26/h3-5,7-11H,6H2,1-2H3. The van der Waals surface area contributed by atoms with E-state index in [9.17, 15) is 26.3 Å². The molecule has 0 saturated heterocycles. The monoisotopic (exact) mass is 370 g/mol. The van der Waals surface area contributed by atoms with Crippen LogP contribution in [0.2, 0.25) is 0 Å². The van der Waals surface area contributed by atoms with E-state index in [1.807, 2.05) is 26.0 Å². The van der Waals surface area contributed by atoms with Crippen LogP contribution in [0.1, 0.15) is 36.1 Å². The minimum Gasteiger partial charge on any atom is -0.166 e. The molecule has 2 aromatic rings. The molecule has 0 heterocycles. The Kier molecular flexibility index (Phi) is 4.41. The van der Waals surface area contributed by atoms with Crippen LogP contribution in [-0.2, 0) is 18.8 Å². The lowest BCUT2D eigenvalue weighted by molar-refractivity contribution is -0.143. The lowest BCUT2D eigenvalue weighted by Crippen LogP contribution is -2.11. The largest absolute Gasteiger partial charge is 0.416 e. The molecule has 3 rings (SSSR count). The van der Waals surface area contributed by atoms with Crippen LogP contribution in [0.15, 0.2) is 42.0 Å². The highest BCUT2D eigenvalue weighted by Crippen LogP contribution is 2.41. The quantitative estimate of drug-likeness (QED) is 0.500. The van der Waals surface area contributed by atoms with E-state index < -0.39 is 23.5 Å². The van der Waals surface area contributed by atoms with Crippen molar-refractivity contribution in [2.45, 2.75) is 32.6 Å². The van der Waals surface area contributed by atoms with E-state index in [2.05, 4.69) is 0 Å². The van der Waals surface area contributed by atoms with Gasteiger partial charge in [-0.2, -0.15) is 26.3 Å². The molecule has 0 unspecified atom stereocenters.